The molecule has 0 spiro atoms. The number of carboxylic acids is 1. The molecular weight excluding hydrogens is 346 g/mol. The van der Waals surface area contributed by atoms with Crippen molar-refractivity contribution < 1.29 is 24.1 Å². The van der Waals surface area contributed by atoms with Crippen LogP contribution < -0.4 is 14.2 Å². The second-order valence-electron chi connectivity index (χ2n) is 5.62. The third-order valence-electron chi connectivity index (χ3n) is 3.56. The van der Waals surface area contributed by atoms with Gasteiger partial charge in [-0.15, -0.1) is 0 Å². The van der Waals surface area contributed by atoms with Crippen molar-refractivity contribution in [2.24, 2.45) is 0 Å². The van der Waals surface area contributed by atoms with Crippen LogP contribution in [0, 0.1) is 18.3 Å². The van der Waals surface area contributed by atoms with Crippen LogP contribution in [-0.2, 0) is 4.79 Å². The molecule has 27 heavy (non-hydrogen) atoms. The highest BCUT2D eigenvalue weighted by atomic mass is 16.5. The Labute approximate surface area is 158 Å². The maximum atomic E-state index is 11.0. The summed E-state index contributed by atoms with van der Waals surface area (Å²) in [6.07, 6.45) is 1.29. The summed E-state index contributed by atoms with van der Waals surface area (Å²) in [5.41, 5.74) is 1.36. The van der Waals surface area contributed by atoms with Gasteiger partial charge in [-0.1, -0.05) is 23.8 Å². The second-order valence-corrected chi connectivity index (χ2v) is 5.62. The van der Waals surface area contributed by atoms with Gasteiger partial charge in [0.15, 0.2) is 11.5 Å². The molecule has 0 heterocycles. The highest BCUT2D eigenvalue weighted by molar-refractivity contribution is 5.96. The van der Waals surface area contributed by atoms with E-state index in [1.54, 1.807) is 24.3 Å². The van der Waals surface area contributed by atoms with E-state index in [0.717, 1.165) is 11.3 Å². The lowest BCUT2D eigenvalue weighted by Crippen LogP contribution is -2.10. The molecule has 6 nitrogen and oxygen atoms in total. The number of hydrogen-bond acceptors (Lipinski definition) is 5. The first-order valence-corrected chi connectivity index (χ1v) is 8.47. The molecule has 0 atom stereocenters. The fourth-order valence-electron chi connectivity index (χ4n) is 2.26. The zero-order chi connectivity index (χ0) is 19.6. The van der Waals surface area contributed by atoms with Crippen molar-refractivity contribution in [2.45, 2.75) is 13.8 Å². The maximum Gasteiger partial charge on any atom is 0.346 e. The first-order valence-electron chi connectivity index (χ1n) is 8.47. The first kappa shape index (κ1) is 19.9. The third-order valence-corrected chi connectivity index (χ3v) is 3.56. The van der Waals surface area contributed by atoms with Gasteiger partial charge in [0.1, 0.15) is 30.6 Å². The largest absolute Gasteiger partial charge is 0.490 e. The van der Waals surface area contributed by atoms with Crippen molar-refractivity contribution in [3.8, 4) is 23.3 Å². The van der Waals surface area contributed by atoms with E-state index in [2.05, 4.69) is 0 Å². The molecule has 2 rings (SSSR count). The lowest BCUT2D eigenvalue weighted by Gasteiger charge is -2.13. The fourth-order valence-corrected chi connectivity index (χ4v) is 2.26. The molecule has 6 heteroatoms. The van der Waals surface area contributed by atoms with Crippen LogP contribution in [0.25, 0.3) is 6.08 Å². The van der Waals surface area contributed by atoms with Crippen LogP contribution in [0.4, 0.5) is 0 Å². The van der Waals surface area contributed by atoms with Gasteiger partial charge in [-0.2, -0.15) is 5.26 Å². The highest BCUT2D eigenvalue weighted by Crippen LogP contribution is 2.29. The molecule has 0 saturated heterocycles. The van der Waals surface area contributed by atoms with Crippen LogP contribution in [0.5, 0.6) is 17.2 Å². The molecule has 0 aliphatic carbocycles. The minimum atomic E-state index is -1.27. The molecule has 1 N–H and O–H groups in total. The predicted octanol–water partition coefficient (Wildman–Crippen LogP) is 3.84. The number of aliphatic carboxylic acids is 1. The molecule has 0 aliphatic heterocycles. The van der Waals surface area contributed by atoms with Crippen LogP contribution in [0.1, 0.15) is 18.1 Å². The average Bonchev–Trinajstić information content (AvgIpc) is 2.66. The molecule has 2 aromatic carbocycles. The van der Waals surface area contributed by atoms with E-state index in [4.69, 9.17) is 24.6 Å². The molecule has 0 saturated carbocycles. The predicted molar refractivity (Wildman–Crippen MR) is 101 cm³/mol. The van der Waals surface area contributed by atoms with Crippen molar-refractivity contribution in [3.05, 3.63) is 59.2 Å². The number of carboxylic acid groups (broad SMARTS) is 1. The van der Waals surface area contributed by atoms with Crippen molar-refractivity contribution in [3.63, 3.8) is 0 Å². The van der Waals surface area contributed by atoms with E-state index in [1.807, 2.05) is 38.1 Å². The summed E-state index contributed by atoms with van der Waals surface area (Å²) in [6, 6.07) is 14.4. The van der Waals surface area contributed by atoms with Gasteiger partial charge in [0.25, 0.3) is 0 Å². The summed E-state index contributed by atoms with van der Waals surface area (Å²) < 4.78 is 16.9. The van der Waals surface area contributed by atoms with Gasteiger partial charge in [0.05, 0.1) is 6.61 Å². The first-order chi connectivity index (χ1) is 13.0. The monoisotopic (exact) mass is 367 g/mol. The SMILES string of the molecule is CCOc1cc(C=C(C#N)C(=O)O)ccc1OCCOc1ccc(C)cc1. The van der Waals surface area contributed by atoms with Gasteiger partial charge >= 0.3 is 5.97 Å². The lowest BCUT2D eigenvalue weighted by molar-refractivity contribution is -0.132. The Morgan fingerprint density at radius 3 is 2.41 bits per heavy atom. The van der Waals surface area contributed by atoms with Gasteiger partial charge in [-0.05, 0) is 49.8 Å². The van der Waals surface area contributed by atoms with Crippen molar-refractivity contribution in [1.82, 2.24) is 0 Å². The van der Waals surface area contributed by atoms with Gasteiger partial charge < -0.3 is 19.3 Å². The zero-order valence-electron chi connectivity index (χ0n) is 15.3. The number of ether oxygens (including phenoxy) is 3. The van der Waals surface area contributed by atoms with Crippen LogP contribution in [0.2, 0.25) is 0 Å². The van der Waals surface area contributed by atoms with Crippen LogP contribution in [-0.4, -0.2) is 30.9 Å². The van der Waals surface area contributed by atoms with Crippen LogP contribution in [0.15, 0.2) is 48.0 Å². The third kappa shape index (κ3) is 6.08. The number of hydrogen-bond donors (Lipinski definition) is 1. The number of nitrogens with zero attached hydrogens (tertiary/aromatic N) is 1. The Morgan fingerprint density at radius 2 is 1.78 bits per heavy atom. The Kier molecular flexibility index (Phi) is 7.26. The molecule has 0 amide bonds. The van der Waals surface area contributed by atoms with Crippen molar-refractivity contribution in [1.29, 1.82) is 5.26 Å². The van der Waals surface area contributed by atoms with E-state index in [-0.39, 0.29) is 5.57 Å². The minimum Gasteiger partial charge on any atom is -0.490 e. The Morgan fingerprint density at radius 1 is 1.07 bits per heavy atom. The number of benzene rings is 2. The average molecular weight is 367 g/mol. The lowest BCUT2D eigenvalue weighted by atomic mass is 10.1. The summed E-state index contributed by atoms with van der Waals surface area (Å²) in [4.78, 5) is 11.0. The number of aryl methyl sites for hydroxylation is 1. The summed E-state index contributed by atoms with van der Waals surface area (Å²) in [5, 5.41) is 17.8. The van der Waals surface area contributed by atoms with Crippen molar-refractivity contribution >= 4 is 12.0 Å². The molecule has 0 bridgehead atoms. The number of rotatable bonds is 9. The van der Waals surface area contributed by atoms with Crippen LogP contribution >= 0.6 is 0 Å². The molecular formula is C21H21NO5. The van der Waals surface area contributed by atoms with E-state index in [9.17, 15) is 4.79 Å². The zero-order valence-corrected chi connectivity index (χ0v) is 15.3. The van der Waals surface area contributed by atoms with Crippen LogP contribution in [0.3, 0.4) is 0 Å². The molecule has 2 aromatic rings. The maximum absolute atomic E-state index is 11.0. The standard InChI is InChI=1S/C21H21NO5/c1-3-25-20-13-16(12-17(14-22)21(23)24)6-9-19(20)27-11-10-26-18-7-4-15(2)5-8-18/h4-9,12-13H,3,10-11H2,1-2H3,(H,23,24). The van der Waals surface area contributed by atoms with E-state index in [1.165, 1.54) is 6.08 Å². The van der Waals surface area contributed by atoms with Crippen molar-refractivity contribution in [2.75, 3.05) is 19.8 Å². The smallest absolute Gasteiger partial charge is 0.346 e. The Hall–Kier alpha value is -3.46. The number of nitriles is 1. The molecule has 0 aliphatic rings. The summed E-state index contributed by atoms with van der Waals surface area (Å²) in [6.45, 7) is 4.96. The molecule has 140 valence electrons. The Balaban J connectivity index is 2.02. The van der Waals surface area contributed by atoms with E-state index >= 15 is 0 Å². The quantitative estimate of drug-likeness (QED) is 0.411. The molecule has 0 radical (unpaired) electrons. The Bertz CT molecular complexity index is 850. The van der Waals surface area contributed by atoms with Gasteiger partial charge in [0, 0.05) is 0 Å². The van der Waals surface area contributed by atoms with Gasteiger partial charge in [-0.25, -0.2) is 4.79 Å². The fraction of sp³-hybridized carbons (Fsp3) is 0.238. The van der Waals surface area contributed by atoms with Gasteiger partial charge in [-0.3, -0.25) is 0 Å². The van der Waals surface area contributed by atoms with E-state index < -0.39 is 5.97 Å². The second kappa shape index (κ2) is 9.88. The highest BCUT2D eigenvalue weighted by Gasteiger charge is 2.09. The molecule has 0 aromatic heterocycles. The summed E-state index contributed by atoms with van der Waals surface area (Å²) in [5.74, 6) is 0.496. The topological polar surface area (TPSA) is 88.8 Å². The molecule has 0 fully saturated rings. The van der Waals surface area contributed by atoms with Gasteiger partial charge in [0.2, 0.25) is 0 Å². The minimum absolute atomic E-state index is 0.321. The normalized spacial score (nSPS) is 10.8. The number of carbonyl (C=O) groups is 1. The molecule has 0 unspecified atom stereocenters. The summed E-state index contributed by atoms with van der Waals surface area (Å²) in [7, 11) is 0. The van der Waals surface area contributed by atoms with E-state index in [0.29, 0.717) is 36.9 Å². The summed E-state index contributed by atoms with van der Waals surface area (Å²) >= 11 is 0.